The summed E-state index contributed by atoms with van der Waals surface area (Å²) in [6, 6.07) is 10.5. The Labute approximate surface area is 140 Å². The van der Waals surface area contributed by atoms with Crippen LogP contribution < -0.4 is 5.32 Å². The van der Waals surface area contributed by atoms with E-state index in [0.717, 1.165) is 40.1 Å². The third-order valence-electron chi connectivity index (χ3n) is 3.40. The zero-order valence-electron chi connectivity index (χ0n) is 12.4. The van der Waals surface area contributed by atoms with Crippen molar-refractivity contribution in [2.45, 2.75) is 32.7 Å². The van der Waals surface area contributed by atoms with E-state index in [2.05, 4.69) is 51.4 Å². The van der Waals surface area contributed by atoms with Crippen LogP contribution in [0.3, 0.4) is 0 Å². The number of nitrogens with zero attached hydrogens (tertiary/aromatic N) is 1. The summed E-state index contributed by atoms with van der Waals surface area (Å²) < 4.78 is 1.01. The lowest BCUT2D eigenvalue weighted by atomic mass is 9.99. The van der Waals surface area contributed by atoms with Crippen molar-refractivity contribution in [3.63, 3.8) is 0 Å². The first-order valence-corrected chi connectivity index (χ1v) is 8.37. The smallest absolute Gasteiger partial charge is 0.0449 e. The fourth-order valence-corrected chi connectivity index (χ4v) is 3.07. The minimum atomic E-state index is 0.255. The van der Waals surface area contributed by atoms with Gasteiger partial charge >= 0.3 is 0 Å². The fraction of sp³-hybridized carbons (Fsp3) is 0.353. The summed E-state index contributed by atoms with van der Waals surface area (Å²) in [5, 5.41) is 4.41. The van der Waals surface area contributed by atoms with E-state index < -0.39 is 0 Å². The fourth-order valence-electron chi connectivity index (χ4n) is 2.32. The predicted molar refractivity (Wildman–Crippen MR) is 92.9 cm³/mol. The van der Waals surface area contributed by atoms with E-state index in [-0.39, 0.29) is 6.04 Å². The first-order chi connectivity index (χ1) is 10.1. The van der Waals surface area contributed by atoms with Crippen LogP contribution in [0.5, 0.6) is 0 Å². The number of hydrogen-bond donors (Lipinski definition) is 1. The van der Waals surface area contributed by atoms with Gasteiger partial charge in [0, 0.05) is 27.4 Å². The molecule has 0 saturated heterocycles. The normalized spacial score (nSPS) is 12.4. The number of benzene rings is 1. The monoisotopic (exact) mass is 366 g/mol. The Morgan fingerprint density at radius 1 is 1.29 bits per heavy atom. The molecule has 1 heterocycles. The van der Waals surface area contributed by atoms with E-state index in [4.69, 9.17) is 11.6 Å². The van der Waals surface area contributed by atoms with Crippen LogP contribution in [0.2, 0.25) is 5.02 Å². The van der Waals surface area contributed by atoms with Crippen LogP contribution in [-0.2, 0) is 6.42 Å². The lowest BCUT2D eigenvalue weighted by Gasteiger charge is -2.20. The molecule has 0 aliphatic rings. The van der Waals surface area contributed by atoms with E-state index in [1.807, 2.05) is 25.3 Å². The molecule has 0 radical (unpaired) electrons. The molecule has 0 fully saturated rings. The predicted octanol–water partition coefficient (Wildman–Crippen LogP) is 5.09. The van der Waals surface area contributed by atoms with E-state index in [1.165, 1.54) is 5.56 Å². The van der Waals surface area contributed by atoms with Crippen molar-refractivity contribution in [1.29, 1.82) is 0 Å². The summed E-state index contributed by atoms with van der Waals surface area (Å²) in [7, 11) is 0. The Morgan fingerprint density at radius 2 is 2.10 bits per heavy atom. The molecule has 2 nitrogen and oxygen atoms in total. The molecule has 0 aliphatic heterocycles. The number of hydrogen-bond acceptors (Lipinski definition) is 2. The largest absolute Gasteiger partial charge is 0.310 e. The summed E-state index contributed by atoms with van der Waals surface area (Å²) >= 11 is 9.81. The molecular weight excluding hydrogens is 348 g/mol. The van der Waals surface area contributed by atoms with E-state index in [1.54, 1.807) is 0 Å². The van der Waals surface area contributed by atoms with Gasteiger partial charge in [-0.2, -0.15) is 0 Å². The summed E-state index contributed by atoms with van der Waals surface area (Å²) in [6.45, 7) is 5.18. The van der Waals surface area contributed by atoms with E-state index in [9.17, 15) is 0 Å². The maximum atomic E-state index is 6.36. The Morgan fingerprint density at radius 3 is 2.76 bits per heavy atom. The average molecular weight is 368 g/mol. The molecule has 4 heteroatoms. The third-order valence-corrected chi connectivity index (χ3v) is 4.25. The lowest BCUT2D eigenvalue weighted by Crippen LogP contribution is -2.24. The van der Waals surface area contributed by atoms with E-state index in [0.29, 0.717) is 0 Å². The van der Waals surface area contributed by atoms with Crippen molar-refractivity contribution < 1.29 is 0 Å². The van der Waals surface area contributed by atoms with Crippen molar-refractivity contribution in [2.75, 3.05) is 6.54 Å². The minimum absolute atomic E-state index is 0.255. The number of aryl methyl sites for hydroxylation is 1. The van der Waals surface area contributed by atoms with Crippen LogP contribution in [0.4, 0.5) is 0 Å². The second-order valence-electron chi connectivity index (χ2n) is 5.18. The van der Waals surface area contributed by atoms with Gasteiger partial charge in [0.05, 0.1) is 0 Å². The molecule has 0 spiro atoms. The molecule has 2 rings (SSSR count). The minimum Gasteiger partial charge on any atom is -0.310 e. The Bertz CT molecular complexity index is 601. The molecule has 1 unspecified atom stereocenters. The number of pyridine rings is 1. The van der Waals surface area contributed by atoms with Crippen LogP contribution in [-0.4, -0.2) is 11.5 Å². The Balaban J connectivity index is 2.23. The second kappa shape index (κ2) is 7.92. The zero-order valence-corrected chi connectivity index (χ0v) is 14.7. The standard InChI is InChI=1S/C17H20BrClN2/c1-3-7-21-17(14-6-8-20-12(2)9-14)10-13-4-5-15(18)11-16(13)19/h4-6,8-9,11,17,21H,3,7,10H2,1-2H3. The van der Waals surface area contributed by atoms with Crippen molar-refractivity contribution in [3.8, 4) is 0 Å². The highest BCUT2D eigenvalue weighted by molar-refractivity contribution is 9.10. The molecule has 0 aliphatic carbocycles. The van der Waals surface area contributed by atoms with Gasteiger partial charge in [-0.05, 0) is 61.7 Å². The second-order valence-corrected chi connectivity index (χ2v) is 6.50. The maximum Gasteiger partial charge on any atom is 0.0449 e. The number of aromatic nitrogens is 1. The summed E-state index contributed by atoms with van der Waals surface area (Å²) in [5.41, 5.74) is 3.45. The Kier molecular flexibility index (Phi) is 6.22. The van der Waals surface area contributed by atoms with Crippen molar-refractivity contribution in [3.05, 3.63) is 62.8 Å². The van der Waals surface area contributed by atoms with Gasteiger partial charge in [-0.15, -0.1) is 0 Å². The zero-order chi connectivity index (χ0) is 15.2. The highest BCUT2D eigenvalue weighted by Gasteiger charge is 2.14. The van der Waals surface area contributed by atoms with Crippen LogP contribution in [0.25, 0.3) is 0 Å². The number of rotatable bonds is 6. The molecule has 0 bridgehead atoms. The molecule has 2 aromatic rings. The average Bonchev–Trinajstić information content (AvgIpc) is 2.45. The molecule has 1 atom stereocenters. The molecule has 0 amide bonds. The first-order valence-electron chi connectivity index (χ1n) is 7.20. The molecular formula is C17H20BrClN2. The van der Waals surface area contributed by atoms with Gasteiger partial charge in [-0.3, -0.25) is 4.98 Å². The highest BCUT2D eigenvalue weighted by Crippen LogP contribution is 2.26. The van der Waals surface area contributed by atoms with Gasteiger partial charge in [0.15, 0.2) is 0 Å². The van der Waals surface area contributed by atoms with Crippen LogP contribution in [0.15, 0.2) is 41.0 Å². The van der Waals surface area contributed by atoms with Gasteiger partial charge < -0.3 is 5.32 Å². The molecule has 112 valence electrons. The number of halogens is 2. The molecule has 1 N–H and O–H groups in total. The van der Waals surface area contributed by atoms with E-state index >= 15 is 0 Å². The molecule has 1 aromatic heterocycles. The van der Waals surface area contributed by atoms with Gasteiger partial charge in [0.1, 0.15) is 0 Å². The van der Waals surface area contributed by atoms with Crippen LogP contribution in [0, 0.1) is 6.92 Å². The summed E-state index contributed by atoms with van der Waals surface area (Å²) in [6.07, 6.45) is 3.85. The number of nitrogens with one attached hydrogen (secondary N) is 1. The van der Waals surface area contributed by atoms with Crippen LogP contribution in [0.1, 0.15) is 36.2 Å². The third kappa shape index (κ3) is 4.80. The molecule has 21 heavy (non-hydrogen) atoms. The quantitative estimate of drug-likeness (QED) is 0.769. The molecule has 1 aromatic carbocycles. The summed E-state index contributed by atoms with van der Waals surface area (Å²) in [4.78, 5) is 4.28. The topological polar surface area (TPSA) is 24.9 Å². The maximum absolute atomic E-state index is 6.36. The van der Waals surface area contributed by atoms with Crippen molar-refractivity contribution in [1.82, 2.24) is 10.3 Å². The highest BCUT2D eigenvalue weighted by atomic mass is 79.9. The van der Waals surface area contributed by atoms with Gasteiger partial charge in [0.2, 0.25) is 0 Å². The van der Waals surface area contributed by atoms with Crippen LogP contribution >= 0.6 is 27.5 Å². The summed E-state index contributed by atoms with van der Waals surface area (Å²) in [5.74, 6) is 0. The lowest BCUT2D eigenvalue weighted by molar-refractivity contribution is 0.528. The molecule has 0 saturated carbocycles. The first kappa shape index (κ1) is 16.5. The SMILES string of the molecule is CCCNC(Cc1ccc(Br)cc1Cl)c1ccnc(C)c1. The Hall–Kier alpha value is -0.900. The van der Waals surface area contributed by atoms with Gasteiger partial charge in [-0.25, -0.2) is 0 Å². The van der Waals surface area contributed by atoms with Gasteiger partial charge in [-0.1, -0.05) is 40.5 Å². The van der Waals surface area contributed by atoms with Crippen molar-refractivity contribution in [2.24, 2.45) is 0 Å². The van der Waals surface area contributed by atoms with Gasteiger partial charge in [0.25, 0.3) is 0 Å². The van der Waals surface area contributed by atoms with Crippen molar-refractivity contribution >= 4 is 27.5 Å².